The molecule has 0 saturated carbocycles. The summed E-state index contributed by atoms with van der Waals surface area (Å²) in [4.78, 5) is 0. The molecule has 5 heteroatoms. The van der Waals surface area contributed by atoms with Gasteiger partial charge in [-0.1, -0.05) is 6.92 Å². The van der Waals surface area contributed by atoms with Gasteiger partial charge >= 0.3 is 0 Å². The Morgan fingerprint density at radius 2 is 1.77 bits per heavy atom. The van der Waals surface area contributed by atoms with E-state index in [4.69, 9.17) is 4.55 Å². The van der Waals surface area contributed by atoms with Crippen LogP contribution in [0.3, 0.4) is 0 Å². The molecule has 0 rings (SSSR count). The Morgan fingerprint density at radius 3 is 2.15 bits per heavy atom. The first-order valence-corrected chi connectivity index (χ1v) is 6.15. The maximum absolute atomic E-state index is 10.4. The largest absolute Gasteiger partial charge is 0.328 e. The van der Waals surface area contributed by atoms with Crippen molar-refractivity contribution in [2.45, 2.75) is 19.8 Å². The van der Waals surface area contributed by atoms with Gasteiger partial charge in [-0.25, -0.2) is 0 Å². The molecule has 0 spiro atoms. The second-order valence-corrected chi connectivity index (χ2v) is 5.59. The normalized spacial score (nSPS) is 13.2. The molecule has 0 amide bonds. The van der Waals surface area contributed by atoms with Crippen LogP contribution < -0.4 is 0 Å². The van der Waals surface area contributed by atoms with E-state index in [9.17, 15) is 8.42 Å². The predicted octanol–water partition coefficient (Wildman–Crippen LogP) is 0.751. The van der Waals surface area contributed by atoms with E-state index < -0.39 is 10.1 Å². The van der Waals surface area contributed by atoms with E-state index in [0.717, 1.165) is 24.0 Å². The van der Waals surface area contributed by atoms with Gasteiger partial charge in [-0.3, -0.25) is 4.55 Å². The highest BCUT2D eigenvalue weighted by atomic mass is 32.2. The highest BCUT2D eigenvalue weighted by molar-refractivity contribution is 7.85. The molecule has 4 nitrogen and oxygen atoms in total. The lowest BCUT2D eigenvalue weighted by molar-refractivity contribution is -0.890. The van der Waals surface area contributed by atoms with Crippen molar-refractivity contribution in [1.82, 2.24) is 0 Å². The molecule has 0 fully saturated rings. The molecule has 0 aromatic carbocycles. The van der Waals surface area contributed by atoms with Crippen LogP contribution in [0.2, 0.25) is 0 Å². The molecule has 13 heavy (non-hydrogen) atoms. The first-order valence-electron chi connectivity index (χ1n) is 4.54. The maximum Gasteiger partial charge on any atom is 0.265 e. The summed E-state index contributed by atoms with van der Waals surface area (Å²) >= 11 is 0. The molecule has 0 bridgehead atoms. The Morgan fingerprint density at radius 1 is 1.23 bits per heavy atom. The molecule has 0 unspecified atom stereocenters. The minimum absolute atomic E-state index is 0.127. The third-order valence-electron chi connectivity index (χ3n) is 1.99. The van der Waals surface area contributed by atoms with Crippen molar-refractivity contribution in [1.29, 1.82) is 0 Å². The summed E-state index contributed by atoms with van der Waals surface area (Å²) in [6.07, 6.45) is 1.60. The SMILES string of the molecule is CCC[N+](C)(C)CCCS(=O)(=O)O. The van der Waals surface area contributed by atoms with Crippen LogP contribution in [0.15, 0.2) is 0 Å². The van der Waals surface area contributed by atoms with E-state index in [-0.39, 0.29) is 5.75 Å². The first kappa shape index (κ1) is 12.9. The van der Waals surface area contributed by atoms with E-state index >= 15 is 0 Å². The summed E-state index contributed by atoms with van der Waals surface area (Å²) in [6, 6.07) is 0. The summed E-state index contributed by atoms with van der Waals surface area (Å²) < 4.78 is 30.2. The van der Waals surface area contributed by atoms with Gasteiger partial charge in [0.25, 0.3) is 10.1 Å². The lowest BCUT2D eigenvalue weighted by Crippen LogP contribution is -2.41. The third kappa shape index (κ3) is 8.21. The van der Waals surface area contributed by atoms with Crippen molar-refractivity contribution in [3.8, 4) is 0 Å². The highest BCUT2D eigenvalue weighted by Gasteiger charge is 2.14. The standard InChI is InChI=1S/C8H19NO3S/c1-4-6-9(2,3)7-5-8-13(10,11)12/h4-8H2,1-3H3/p+1. The van der Waals surface area contributed by atoms with Crippen LogP contribution in [0.5, 0.6) is 0 Å². The second-order valence-electron chi connectivity index (χ2n) is 4.02. The number of rotatable bonds is 6. The van der Waals surface area contributed by atoms with Gasteiger partial charge in [0.2, 0.25) is 0 Å². The highest BCUT2D eigenvalue weighted by Crippen LogP contribution is 2.02. The predicted molar refractivity (Wildman–Crippen MR) is 53.2 cm³/mol. The molecule has 80 valence electrons. The Kier molecular flexibility index (Phi) is 4.88. The van der Waals surface area contributed by atoms with Crippen LogP contribution in [0.1, 0.15) is 19.8 Å². The Balaban J connectivity index is 3.76. The average Bonchev–Trinajstić information content (AvgIpc) is 1.82. The number of hydrogen-bond acceptors (Lipinski definition) is 2. The smallest absolute Gasteiger partial charge is 0.265 e. The molecular weight excluding hydrogens is 190 g/mol. The number of quaternary nitrogens is 1. The molecule has 0 heterocycles. The van der Waals surface area contributed by atoms with Crippen molar-refractivity contribution in [3.63, 3.8) is 0 Å². The Hall–Kier alpha value is -0.130. The molecule has 0 aliphatic heterocycles. The minimum Gasteiger partial charge on any atom is -0.328 e. The fraction of sp³-hybridized carbons (Fsp3) is 1.00. The van der Waals surface area contributed by atoms with Crippen molar-refractivity contribution < 1.29 is 17.5 Å². The quantitative estimate of drug-likeness (QED) is 0.520. The van der Waals surface area contributed by atoms with E-state index in [0.29, 0.717) is 6.42 Å². The van der Waals surface area contributed by atoms with Crippen molar-refractivity contribution >= 4 is 10.1 Å². The van der Waals surface area contributed by atoms with Crippen LogP contribution in [0, 0.1) is 0 Å². The number of hydrogen-bond donors (Lipinski definition) is 1. The van der Waals surface area contributed by atoms with Gasteiger partial charge < -0.3 is 4.48 Å². The molecule has 1 N–H and O–H groups in total. The zero-order valence-electron chi connectivity index (χ0n) is 8.65. The topological polar surface area (TPSA) is 54.4 Å². The van der Waals surface area contributed by atoms with Gasteiger partial charge in [-0.2, -0.15) is 8.42 Å². The van der Waals surface area contributed by atoms with Gasteiger partial charge in [0.05, 0.1) is 32.9 Å². The Bertz CT molecular complexity index is 234. The lowest BCUT2D eigenvalue weighted by Gasteiger charge is -2.29. The maximum atomic E-state index is 10.4. The number of nitrogens with zero attached hydrogens (tertiary/aromatic N) is 1. The van der Waals surface area contributed by atoms with E-state index in [1.165, 1.54) is 0 Å². The molecule has 0 saturated heterocycles. The summed E-state index contributed by atoms with van der Waals surface area (Å²) in [5.74, 6) is -0.127. The first-order chi connectivity index (χ1) is 5.77. The second kappa shape index (κ2) is 4.93. The molecule has 0 atom stereocenters. The van der Waals surface area contributed by atoms with Crippen LogP contribution in [-0.4, -0.2) is 50.4 Å². The molecular formula is C8H20NO3S+. The summed E-state index contributed by atoms with van der Waals surface area (Å²) in [5, 5.41) is 0. The van der Waals surface area contributed by atoms with Crippen LogP contribution in [-0.2, 0) is 10.1 Å². The van der Waals surface area contributed by atoms with E-state index in [1.807, 2.05) is 0 Å². The zero-order valence-corrected chi connectivity index (χ0v) is 9.47. The van der Waals surface area contributed by atoms with E-state index in [2.05, 4.69) is 21.0 Å². The van der Waals surface area contributed by atoms with Crippen molar-refractivity contribution in [2.24, 2.45) is 0 Å². The molecule has 0 aromatic rings. The van der Waals surface area contributed by atoms with Crippen molar-refractivity contribution in [3.05, 3.63) is 0 Å². The molecule has 0 aromatic heterocycles. The third-order valence-corrected chi connectivity index (χ3v) is 2.80. The lowest BCUT2D eigenvalue weighted by atomic mass is 10.3. The average molecular weight is 210 g/mol. The fourth-order valence-corrected chi connectivity index (χ4v) is 1.89. The molecule has 0 radical (unpaired) electrons. The van der Waals surface area contributed by atoms with Crippen LogP contribution >= 0.6 is 0 Å². The monoisotopic (exact) mass is 210 g/mol. The zero-order chi connectivity index (χ0) is 10.5. The van der Waals surface area contributed by atoms with Crippen molar-refractivity contribution in [2.75, 3.05) is 32.9 Å². The summed E-state index contributed by atoms with van der Waals surface area (Å²) in [7, 11) is 0.354. The van der Waals surface area contributed by atoms with Gasteiger partial charge in [0.15, 0.2) is 0 Å². The minimum atomic E-state index is -3.77. The molecule has 0 aliphatic carbocycles. The van der Waals surface area contributed by atoms with Gasteiger partial charge in [0, 0.05) is 6.42 Å². The van der Waals surface area contributed by atoms with Gasteiger partial charge in [-0.15, -0.1) is 0 Å². The van der Waals surface area contributed by atoms with Gasteiger partial charge in [0.1, 0.15) is 0 Å². The van der Waals surface area contributed by atoms with Crippen LogP contribution in [0.25, 0.3) is 0 Å². The molecule has 0 aliphatic rings. The van der Waals surface area contributed by atoms with Crippen LogP contribution in [0.4, 0.5) is 0 Å². The van der Waals surface area contributed by atoms with E-state index in [1.54, 1.807) is 0 Å². The summed E-state index contributed by atoms with van der Waals surface area (Å²) in [6.45, 7) is 3.92. The summed E-state index contributed by atoms with van der Waals surface area (Å²) in [5.41, 5.74) is 0. The fourth-order valence-electron chi connectivity index (χ4n) is 1.39. The van der Waals surface area contributed by atoms with Gasteiger partial charge in [-0.05, 0) is 6.42 Å². The Labute approximate surface area is 80.9 Å².